The van der Waals surface area contributed by atoms with Crippen LogP contribution in [0.25, 0.3) is 10.9 Å². The van der Waals surface area contributed by atoms with Gasteiger partial charge in [0, 0.05) is 25.3 Å². The fourth-order valence-electron chi connectivity index (χ4n) is 5.38. The zero-order chi connectivity index (χ0) is 32.5. The molecule has 1 aromatic heterocycles. The normalized spacial score (nSPS) is 17.3. The highest BCUT2D eigenvalue weighted by molar-refractivity contribution is 5.97. The van der Waals surface area contributed by atoms with Gasteiger partial charge in [0.2, 0.25) is 11.3 Å². The van der Waals surface area contributed by atoms with Gasteiger partial charge in [-0.3, -0.25) is 9.59 Å². The van der Waals surface area contributed by atoms with Gasteiger partial charge in [0.15, 0.2) is 11.6 Å². The third-order valence-electron chi connectivity index (χ3n) is 7.60. The molecule has 0 spiro atoms. The SMILES string of the molecule is COc1c(N2CCC/C(=C(\F)CNC(=O)[C@@H](NC(=O)OC(C)(C)C)C(C)C)C2)c(F)cc2c(=O)c(C(=O)O)cn(C3CC3)c12. The fraction of sp³-hybridized carbons (Fsp3) is 0.548. The molecule has 1 saturated carbocycles. The van der Waals surface area contributed by atoms with Crippen molar-refractivity contribution >= 4 is 34.6 Å². The van der Waals surface area contributed by atoms with E-state index < -0.39 is 58.8 Å². The van der Waals surface area contributed by atoms with Crippen molar-refractivity contribution in [2.45, 2.75) is 78.0 Å². The quantitative estimate of drug-likeness (QED) is 0.369. The number of aromatic carboxylic acids is 1. The number of amides is 2. The lowest BCUT2D eigenvalue weighted by Crippen LogP contribution is -2.51. The van der Waals surface area contributed by atoms with E-state index in [0.29, 0.717) is 30.5 Å². The molecule has 13 heteroatoms. The third kappa shape index (κ3) is 7.13. The first kappa shape index (κ1) is 32.7. The van der Waals surface area contributed by atoms with Gasteiger partial charge in [-0.05, 0) is 64.0 Å². The van der Waals surface area contributed by atoms with E-state index in [1.165, 1.54) is 13.3 Å². The number of nitrogens with zero attached hydrogens (tertiary/aromatic N) is 2. The molecule has 0 radical (unpaired) electrons. The predicted octanol–water partition coefficient (Wildman–Crippen LogP) is 4.67. The Morgan fingerprint density at radius 2 is 1.89 bits per heavy atom. The number of carbonyl (C=O) groups excluding carboxylic acids is 2. The first-order valence-electron chi connectivity index (χ1n) is 14.7. The number of fused-ring (bicyclic) bond motifs is 1. The van der Waals surface area contributed by atoms with Crippen LogP contribution in [0.4, 0.5) is 19.3 Å². The molecule has 0 bridgehead atoms. The Morgan fingerprint density at radius 1 is 1.20 bits per heavy atom. The van der Waals surface area contributed by atoms with Crippen LogP contribution < -0.4 is 25.7 Å². The Balaban J connectivity index is 1.59. The summed E-state index contributed by atoms with van der Waals surface area (Å²) in [6, 6.07) is 0.0204. The molecule has 1 aromatic carbocycles. The second kappa shape index (κ2) is 12.8. The van der Waals surface area contributed by atoms with Crippen LogP contribution in [0.1, 0.15) is 76.7 Å². The van der Waals surface area contributed by atoms with E-state index in [0.717, 1.165) is 18.9 Å². The van der Waals surface area contributed by atoms with Crippen LogP contribution >= 0.6 is 0 Å². The van der Waals surface area contributed by atoms with Gasteiger partial charge in [-0.2, -0.15) is 0 Å². The van der Waals surface area contributed by atoms with E-state index in [-0.39, 0.29) is 35.3 Å². The van der Waals surface area contributed by atoms with Gasteiger partial charge < -0.3 is 34.7 Å². The minimum Gasteiger partial charge on any atom is -0.492 e. The molecule has 1 atom stereocenters. The van der Waals surface area contributed by atoms with Crippen LogP contribution in [0, 0.1) is 11.7 Å². The summed E-state index contributed by atoms with van der Waals surface area (Å²) in [5.41, 5.74) is -1.31. The molecule has 0 unspecified atom stereocenters. The number of aromatic nitrogens is 1. The van der Waals surface area contributed by atoms with Crippen LogP contribution in [-0.4, -0.2) is 66.0 Å². The largest absolute Gasteiger partial charge is 0.492 e. The maximum absolute atomic E-state index is 15.7. The molecular formula is C31H40F2N4O7. The zero-order valence-corrected chi connectivity index (χ0v) is 25.9. The number of nitrogens with one attached hydrogen (secondary N) is 2. The van der Waals surface area contributed by atoms with Gasteiger partial charge in [-0.25, -0.2) is 18.4 Å². The number of hydrogen-bond donors (Lipinski definition) is 3. The molecule has 2 aliphatic rings. The Kier molecular flexibility index (Phi) is 9.55. The van der Waals surface area contributed by atoms with Crippen molar-refractivity contribution in [1.29, 1.82) is 0 Å². The number of carboxylic acids is 1. The number of carboxylic acid groups (broad SMARTS) is 1. The number of piperidine rings is 1. The molecule has 3 N–H and O–H groups in total. The molecule has 1 aliphatic heterocycles. The Bertz CT molecular complexity index is 1560. The van der Waals surface area contributed by atoms with Crippen LogP contribution in [0.2, 0.25) is 0 Å². The molecule has 2 amide bonds. The average Bonchev–Trinajstić information content (AvgIpc) is 3.78. The molecular weight excluding hydrogens is 578 g/mol. The van der Waals surface area contributed by atoms with Crippen molar-refractivity contribution < 1.29 is 37.7 Å². The van der Waals surface area contributed by atoms with E-state index in [9.17, 15) is 24.3 Å². The molecule has 240 valence electrons. The minimum atomic E-state index is -1.40. The smallest absolute Gasteiger partial charge is 0.408 e. The number of carbonyl (C=O) groups is 3. The molecule has 44 heavy (non-hydrogen) atoms. The maximum atomic E-state index is 15.7. The van der Waals surface area contributed by atoms with E-state index in [1.54, 1.807) is 44.1 Å². The third-order valence-corrected chi connectivity index (χ3v) is 7.60. The van der Waals surface area contributed by atoms with E-state index in [1.807, 2.05) is 0 Å². The summed E-state index contributed by atoms with van der Waals surface area (Å²) >= 11 is 0. The lowest BCUT2D eigenvalue weighted by Gasteiger charge is -2.33. The number of pyridine rings is 1. The first-order chi connectivity index (χ1) is 20.6. The van der Waals surface area contributed by atoms with Crippen LogP contribution in [-0.2, 0) is 9.53 Å². The van der Waals surface area contributed by atoms with Crippen LogP contribution in [0.15, 0.2) is 28.5 Å². The maximum Gasteiger partial charge on any atom is 0.408 e. The highest BCUT2D eigenvalue weighted by Gasteiger charge is 2.33. The predicted molar refractivity (Wildman–Crippen MR) is 161 cm³/mol. The second-order valence-corrected chi connectivity index (χ2v) is 12.6. The van der Waals surface area contributed by atoms with Crippen LogP contribution in [0.3, 0.4) is 0 Å². The zero-order valence-electron chi connectivity index (χ0n) is 25.9. The first-order valence-corrected chi connectivity index (χ1v) is 14.7. The number of anilines is 1. The van der Waals surface area contributed by atoms with Gasteiger partial charge in [0.25, 0.3) is 0 Å². The number of methoxy groups -OCH3 is 1. The van der Waals surface area contributed by atoms with E-state index in [2.05, 4.69) is 10.6 Å². The lowest BCUT2D eigenvalue weighted by atomic mass is 10.0. The van der Waals surface area contributed by atoms with Gasteiger partial charge in [0.05, 0.1) is 24.6 Å². The number of hydrogen-bond acceptors (Lipinski definition) is 7. The van der Waals surface area contributed by atoms with Crippen molar-refractivity contribution in [2.75, 3.05) is 31.6 Å². The Hall–Kier alpha value is -4.16. The molecule has 2 heterocycles. The van der Waals surface area contributed by atoms with Crippen molar-refractivity contribution in [1.82, 2.24) is 15.2 Å². The van der Waals surface area contributed by atoms with Crippen molar-refractivity contribution in [3.8, 4) is 5.75 Å². The number of ether oxygens (including phenoxy) is 2. The standard InChI is InChI=1S/C31H40F2N4O7/c1-16(2)23(35-30(42)44-31(3,4)5)28(39)34-13-22(33)17-8-7-11-36(14-17)25-21(32)12-19-24(27(25)43-6)37(18-9-10-18)15-20(26(19)38)29(40)41/h12,15-16,18,23H,7-11,13-14H2,1-6H3,(H,34,39)(H,35,42)(H,40,41)/b22-17+/t23-/m0/s1. The van der Waals surface area contributed by atoms with Crippen molar-refractivity contribution in [3.05, 3.63) is 45.3 Å². The highest BCUT2D eigenvalue weighted by Crippen LogP contribution is 2.44. The van der Waals surface area contributed by atoms with Gasteiger partial charge in [0.1, 0.15) is 28.7 Å². The number of halogens is 2. The lowest BCUT2D eigenvalue weighted by molar-refractivity contribution is -0.124. The summed E-state index contributed by atoms with van der Waals surface area (Å²) in [6.07, 6.45) is 2.93. The van der Waals surface area contributed by atoms with Gasteiger partial charge in [-0.1, -0.05) is 13.8 Å². The summed E-state index contributed by atoms with van der Waals surface area (Å²) in [5, 5.41) is 14.5. The number of alkyl carbamates (subject to hydrolysis) is 1. The van der Waals surface area contributed by atoms with Crippen molar-refractivity contribution in [3.63, 3.8) is 0 Å². The molecule has 4 rings (SSSR count). The number of benzene rings is 1. The Labute approximate surface area is 254 Å². The summed E-state index contributed by atoms with van der Waals surface area (Å²) in [6.45, 7) is 8.55. The molecule has 1 aliphatic carbocycles. The van der Waals surface area contributed by atoms with E-state index >= 15 is 8.78 Å². The molecule has 2 fully saturated rings. The second-order valence-electron chi connectivity index (χ2n) is 12.6. The molecule has 2 aromatic rings. The van der Waals surface area contributed by atoms with Gasteiger partial charge in [-0.15, -0.1) is 0 Å². The van der Waals surface area contributed by atoms with E-state index in [4.69, 9.17) is 9.47 Å². The summed E-state index contributed by atoms with van der Waals surface area (Å²) in [7, 11) is 1.35. The van der Waals surface area contributed by atoms with Crippen LogP contribution in [0.5, 0.6) is 5.75 Å². The highest BCUT2D eigenvalue weighted by atomic mass is 19.1. The summed E-state index contributed by atoms with van der Waals surface area (Å²) in [4.78, 5) is 51.5. The average molecular weight is 619 g/mol. The molecule has 11 nitrogen and oxygen atoms in total. The topological polar surface area (TPSA) is 139 Å². The summed E-state index contributed by atoms with van der Waals surface area (Å²) in [5.74, 6) is -3.57. The van der Waals surface area contributed by atoms with Gasteiger partial charge >= 0.3 is 12.1 Å². The Morgan fingerprint density at radius 3 is 2.45 bits per heavy atom. The van der Waals surface area contributed by atoms with Crippen molar-refractivity contribution in [2.24, 2.45) is 5.92 Å². The number of rotatable bonds is 9. The summed E-state index contributed by atoms with van der Waals surface area (Å²) < 4.78 is 43.8. The monoisotopic (exact) mass is 618 g/mol. The minimum absolute atomic E-state index is 0.00509. The fourth-order valence-corrected chi connectivity index (χ4v) is 5.38. The molecule has 1 saturated heterocycles.